The summed E-state index contributed by atoms with van der Waals surface area (Å²) < 4.78 is 26.3. The number of carboxylic acid groups (broad SMARTS) is 1. The van der Waals surface area contributed by atoms with Crippen LogP contribution >= 0.6 is 11.6 Å². The van der Waals surface area contributed by atoms with Gasteiger partial charge in [-0.3, -0.25) is 9.69 Å². The minimum atomic E-state index is -1.11. The summed E-state index contributed by atoms with van der Waals surface area (Å²) >= 11 is 6.11. The Bertz CT molecular complexity index is 1260. The van der Waals surface area contributed by atoms with Gasteiger partial charge in [0, 0.05) is 35.4 Å². The summed E-state index contributed by atoms with van der Waals surface area (Å²) in [5.74, 6) is -1.41. The van der Waals surface area contributed by atoms with Gasteiger partial charge in [0.2, 0.25) is 11.0 Å². The maximum absolute atomic E-state index is 15.1. The Labute approximate surface area is 237 Å². The monoisotopic (exact) mass is 574 g/mol. The number of anilines is 1. The van der Waals surface area contributed by atoms with E-state index < -0.39 is 41.5 Å². The highest BCUT2D eigenvalue weighted by atomic mass is 35.5. The molecular weight excluding hydrogens is 541 g/mol. The molecule has 2 fully saturated rings. The van der Waals surface area contributed by atoms with Crippen LogP contribution in [0.1, 0.15) is 50.2 Å². The van der Waals surface area contributed by atoms with Gasteiger partial charge in [-0.25, -0.2) is 9.18 Å². The summed E-state index contributed by atoms with van der Waals surface area (Å²) in [6, 6.07) is 10.0. The number of nitrogens with zero attached hydrogens (tertiary/aromatic N) is 3. The number of amides is 2. The molecule has 0 aromatic heterocycles. The van der Waals surface area contributed by atoms with E-state index in [-0.39, 0.29) is 30.2 Å². The molecule has 2 aromatic carbocycles. The third-order valence-corrected chi connectivity index (χ3v) is 7.96. The zero-order valence-corrected chi connectivity index (χ0v) is 23.2. The van der Waals surface area contributed by atoms with Gasteiger partial charge in [0.1, 0.15) is 22.2 Å². The van der Waals surface area contributed by atoms with Crippen molar-refractivity contribution in [3.05, 3.63) is 64.4 Å². The van der Waals surface area contributed by atoms with Crippen LogP contribution in [0.2, 0.25) is 5.02 Å². The first-order valence-electron chi connectivity index (χ1n) is 13.3. The molecular formula is C28H34ClFN5O5+. The molecule has 12 heteroatoms. The largest absolute Gasteiger partial charge is 0.465 e. The van der Waals surface area contributed by atoms with Crippen LogP contribution in [-0.4, -0.2) is 59.6 Å². The lowest BCUT2D eigenvalue weighted by Gasteiger charge is -2.32. The van der Waals surface area contributed by atoms with Crippen LogP contribution in [0, 0.1) is 17.3 Å². The fourth-order valence-electron chi connectivity index (χ4n) is 5.75. The lowest BCUT2D eigenvalue weighted by molar-refractivity contribution is -0.118. The lowest BCUT2D eigenvalue weighted by Crippen LogP contribution is -2.47. The smallest absolute Gasteiger partial charge is 0.409 e. The van der Waals surface area contributed by atoms with E-state index in [4.69, 9.17) is 26.6 Å². The Balaban J connectivity index is 1.59. The number of benzene rings is 2. The summed E-state index contributed by atoms with van der Waals surface area (Å²) in [4.78, 5) is 30.1. The van der Waals surface area contributed by atoms with E-state index in [2.05, 4.69) is 15.3 Å². The molecule has 0 aliphatic carbocycles. The highest BCUT2D eigenvalue weighted by molar-refractivity contribution is 6.30. The summed E-state index contributed by atoms with van der Waals surface area (Å²) in [7, 11) is 0. The van der Waals surface area contributed by atoms with Gasteiger partial charge >= 0.3 is 6.09 Å². The van der Waals surface area contributed by atoms with Gasteiger partial charge in [0.15, 0.2) is 0 Å². The van der Waals surface area contributed by atoms with Crippen LogP contribution in [0.25, 0.3) is 0 Å². The number of nitrogens with one attached hydrogen (secondary N) is 2. The maximum atomic E-state index is 15.1. The van der Waals surface area contributed by atoms with Crippen molar-refractivity contribution in [2.75, 3.05) is 25.1 Å². The van der Waals surface area contributed by atoms with Crippen molar-refractivity contribution in [3.63, 3.8) is 0 Å². The van der Waals surface area contributed by atoms with E-state index >= 15 is 4.39 Å². The van der Waals surface area contributed by atoms with Crippen molar-refractivity contribution >= 4 is 29.3 Å². The Morgan fingerprint density at radius 3 is 2.60 bits per heavy atom. The van der Waals surface area contributed by atoms with E-state index in [0.29, 0.717) is 37.5 Å². The van der Waals surface area contributed by atoms with Crippen LogP contribution in [0.3, 0.4) is 0 Å². The number of carbonyl (C=O) groups excluding carboxylic acids is 1. The van der Waals surface area contributed by atoms with Crippen molar-refractivity contribution < 1.29 is 28.6 Å². The molecule has 0 spiro atoms. The average molecular weight is 575 g/mol. The molecule has 2 amide bonds. The number of hydrogen-bond acceptors (Lipinski definition) is 6. The highest BCUT2D eigenvalue weighted by Crippen LogP contribution is 2.38. The number of carbonyl (C=O) groups is 2. The predicted octanol–water partition coefficient (Wildman–Crippen LogP) is 5.59. The van der Waals surface area contributed by atoms with Crippen molar-refractivity contribution in [1.29, 1.82) is 5.53 Å². The van der Waals surface area contributed by atoms with Gasteiger partial charge < -0.3 is 19.9 Å². The van der Waals surface area contributed by atoms with Gasteiger partial charge in [0.05, 0.1) is 12.6 Å². The number of ether oxygens (including phenoxy) is 2. The van der Waals surface area contributed by atoms with Gasteiger partial charge in [0.25, 0.3) is 5.91 Å². The maximum Gasteiger partial charge on any atom is 0.409 e. The molecule has 2 saturated heterocycles. The molecule has 10 nitrogen and oxygen atoms in total. The van der Waals surface area contributed by atoms with Crippen LogP contribution in [0.15, 0.2) is 47.6 Å². The van der Waals surface area contributed by atoms with Crippen molar-refractivity contribution in [1.82, 2.24) is 9.81 Å². The predicted molar refractivity (Wildman–Crippen MR) is 146 cm³/mol. The topological polar surface area (TPSA) is 138 Å². The third-order valence-electron chi connectivity index (χ3n) is 7.70. The summed E-state index contributed by atoms with van der Waals surface area (Å²) in [6.45, 7) is 4.63. The summed E-state index contributed by atoms with van der Waals surface area (Å²) in [6.07, 6.45) is 0.761. The van der Waals surface area contributed by atoms with Crippen LogP contribution in [-0.2, 0) is 20.7 Å². The molecule has 3 N–H and O–H groups in total. The quantitative estimate of drug-likeness (QED) is 0.264. The van der Waals surface area contributed by atoms with E-state index in [1.165, 1.54) is 17.0 Å². The minimum Gasteiger partial charge on any atom is -0.465 e. The van der Waals surface area contributed by atoms with Gasteiger partial charge in [-0.05, 0) is 75.3 Å². The van der Waals surface area contributed by atoms with Crippen molar-refractivity contribution in [3.8, 4) is 0 Å². The second kappa shape index (κ2) is 12.9. The first kappa shape index (κ1) is 29.6. The fourth-order valence-corrected chi connectivity index (χ4v) is 5.88. The molecule has 2 aliphatic heterocycles. The Hall–Kier alpha value is -3.37. The second-order valence-corrected chi connectivity index (χ2v) is 11.0. The SMILES string of the molecule is CC1(C)OCC(CCc2c(F)cccc2NC(=O)[C@@H](N=[N+]=N)[C@@H](c2ccc(Cl)cc2)C2CCOCC2)N1C(=O)O. The Morgan fingerprint density at radius 1 is 1.25 bits per heavy atom. The first-order valence-corrected chi connectivity index (χ1v) is 13.6. The molecule has 2 aromatic rings. The van der Waals surface area contributed by atoms with E-state index in [1.807, 2.05) is 12.1 Å². The van der Waals surface area contributed by atoms with Crippen LogP contribution in [0.4, 0.5) is 14.9 Å². The number of rotatable bonds is 9. The molecule has 4 rings (SSSR count). The Morgan fingerprint density at radius 2 is 1.95 bits per heavy atom. The molecule has 2 heterocycles. The lowest BCUT2D eigenvalue weighted by atomic mass is 9.76. The standard InChI is InChI=1S/C28H33ClFN5O5/c1-28(2)35(27(37)38)20(16-40-28)10-11-21-22(30)4-3-5-23(21)32-26(36)25(33-34-31)24(18-12-14-39-15-13-18)17-6-8-19(29)9-7-17/h3-9,18,20,24-25,31H,10-16H2,1-2H3,(H-,32,36,37,38)/p+1/t20?,24-,25-/m0/s1. The van der Waals surface area contributed by atoms with Crippen molar-refractivity contribution in [2.45, 2.75) is 63.3 Å². The van der Waals surface area contributed by atoms with E-state index in [1.54, 1.807) is 32.0 Å². The average Bonchev–Trinajstić information content (AvgIpc) is 3.23. The van der Waals surface area contributed by atoms with E-state index in [9.17, 15) is 14.7 Å². The van der Waals surface area contributed by atoms with Crippen LogP contribution in [0.5, 0.6) is 0 Å². The molecule has 0 bridgehead atoms. The summed E-state index contributed by atoms with van der Waals surface area (Å²) in [5.41, 5.74) is 7.80. The first-order chi connectivity index (χ1) is 19.1. The minimum absolute atomic E-state index is 0.0378. The van der Waals surface area contributed by atoms with Gasteiger partial charge in [-0.15, -0.1) is 0 Å². The summed E-state index contributed by atoms with van der Waals surface area (Å²) in [5, 5.41) is 17.1. The zero-order valence-electron chi connectivity index (χ0n) is 22.5. The van der Waals surface area contributed by atoms with Gasteiger partial charge in [-0.2, -0.15) is 0 Å². The third kappa shape index (κ3) is 6.67. The van der Waals surface area contributed by atoms with Crippen LogP contribution < -0.4 is 10.2 Å². The normalized spacial score (nSPS) is 20.4. The van der Waals surface area contributed by atoms with E-state index in [0.717, 1.165) is 5.56 Å². The molecule has 40 heavy (non-hydrogen) atoms. The molecule has 1 unspecified atom stereocenters. The second-order valence-electron chi connectivity index (χ2n) is 10.5. The molecule has 3 atom stereocenters. The fraction of sp³-hybridized carbons (Fsp3) is 0.500. The number of hydrogen-bond donors (Lipinski definition) is 3. The molecule has 214 valence electrons. The molecule has 0 radical (unpaired) electrons. The Kier molecular flexibility index (Phi) is 9.52. The number of halogens is 2. The highest BCUT2D eigenvalue weighted by Gasteiger charge is 2.44. The molecule has 2 aliphatic rings. The zero-order chi connectivity index (χ0) is 28.9. The van der Waals surface area contributed by atoms with Gasteiger partial charge in [-0.1, -0.05) is 29.8 Å². The molecule has 0 saturated carbocycles. The van der Waals surface area contributed by atoms with Crippen molar-refractivity contribution in [2.24, 2.45) is 11.0 Å².